The van der Waals surface area contributed by atoms with Gasteiger partial charge in [0.05, 0.1) is 36.9 Å². The third kappa shape index (κ3) is 13.0. The fourth-order valence-electron chi connectivity index (χ4n) is 10.1. The topological polar surface area (TPSA) is 175 Å². The summed E-state index contributed by atoms with van der Waals surface area (Å²) in [4.78, 5) is 86.1. The number of likely N-dealkylation sites (tertiary alicyclic amines) is 2. The normalized spacial score (nSPS) is 22.4. The number of ether oxygens (including phenoxy) is 2. The largest absolute Gasteiger partial charge is 0.370 e. The minimum absolute atomic E-state index is 0.0404. The molecular formula is C54H74N6O8. The minimum Gasteiger partial charge on any atom is -0.370 e. The van der Waals surface area contributed by atoms with Crippen LogP contribution in [-0.2, 0) is 51.1 Å². The Morgan fingerprint density at radius 3 is 1.97 bits per heavy atom. The van der Waals surface area contributed by atoms with Crippen molar-refractivity contribution in [2.75, 3.05) is 33.4 Å². The van der Waals surface area contributed by atoms with E-state index in [0.717, 1.165) is 44.1 Å². The molecule has 68 heavy (non-hydrogen) atoms. The highest BCUT2D eigenvalue weighted by Gasteiger charge is 2.43. The van der Waals surface area contributed by atoms with Gasteiger partial charge in [-0.15, -0.1) is 0 Å². The second-order valence-electron chi connectivity index (χ2n) is 19.2. The molecule has 4 N–H and O–H groups in total. The summed E-state index contributed by atoms with van der Waals surface area (Å²) < 4.78 is 12.2. The minimum atomic E-state index is -1.07. The van der Waals surface area contributed by atoms with Crippen LogP contribution in [0.4, 0.5) is 0 Å². The number of hydrogen-bond acceptors (Lipinski definition) is 9. The van der Waals surface area contributed by atoms with Gasteiger partial charge in [0.25, 0.3) is 0 Å². The first-order valence-electron chi connectivity index (χ1n) is 25.0. The van der Waals surface area contributed by atoms with Crippen molar-refractivity contribution in [2.45, 2.75) is 166 Å². The molecule has 2 aromatic rings. The number of fused-ring (bicyclic) bond motifs is 2. The average molecular weight is 935 g/mol. The van der Waals surface area contributed by atoms with E-state index in [1.54, 1.807) is 44.5 Å². The van der Waals surface area contributed by atoms with Crippen LogP contribution in [0.2, 0.25) is 0 Å². The van der Waals surface area contributed by atoms with Crippen molar-refractivity contribution in [1.29, 1.82) is 0 Å². The van der Waals surface area contributed by atoms with E-state index in [0.29, 0.717) is 57.2 Å². The fourth-order valence-corrected chi connectivity index (χ4v) is 10.1. The molecule has 368 valence electrons. The molecule has 0 radical (unpaired) electrons. The van der Waals surface area contributed by atoms with E-state index in [1.807, 2.05) is 31.2 Å². The number of ketones is 1. The number of hydrogen-bond donors (Lipinski definition) is 4. The lowest BCUT2D eigenvalue weighted by molar-refractivity contribution is -0.145. The summed E-state index contributed by atoms with van der Waals surface area (Å²) in [6, 6.07) is 12.4. The Morgan fingerprint density at radius 2 is 1.31 bits per heavy atom. The molecule has 2 fully saturated rings. The van der Waals surface area contributed by atoms with Crippen molar-refractivity contribution in [3.05, 3.63) is 82.9 Å². The van der Waals surface area contributed by atoms with Crippen LogP contribution in [0.25, 0.3) is 0 Å². The average Bonchev–Trinajstić information content (AvgIpc) is 4.06. The Bertz CT molecular complexity index is 2200. The summed E-state index contributed by atoms with van der Waals surface area (Å²) in [6.45, 7) is 13.5. The van der Waals surface area contributed by atoms with Gasteiger partial charge in [0.2, 0.25) is 29.5 Å². The van der Waals surface area contributed by atoms with Gasteiger partial charge >= 0.3 is 0 Å². The standard InChI is InChI=1S/C54H74N6O8/c1-8-35(3)50(62)57-49(54(66)60-30-16-28-46(60)52(64)56-44-26-14-22-40-20-10-12-25-43(40)44)38(6)68-33-34(2)18-17-31-67-37(5)48(58-51(63)36(4)55-7)53(65)59-29-15-27-45(59)47(61)32-41-23-13-21-39-19-9-11-24-42(39)41/h9-12,19-20,24-25,35-38,41,44-46,48-49,55H,2,8,13-16,21-23,26-33H2,1,3-7H3,(H,56,64)(H,57,62)(H,58,63)/t35-,36+,37-,38-,41+,44-,45+,46+,48+,49+/m1/s1. The Kier molecular flexibility index (Phi) is 19.0. The molecule has 0 aromatic heterocycles. The molecule has 10 atom stereocenters. The number of carbonyl (C=O) groups excluding carboxylic acids is 6. The van der Waals surface area contributed by atoms with Gasteiger partial charge < -0.3 is 40.5 Å². The molecule has 2 aliphatic heterocycles. The summed E-state index contributed by atoms with van der Waals surface area (Å²) in [5.41, 5.74) is 5.25. The number of benzene rings is 2. The smallest absolute Gasteiger partial charge is 0.248 e. The van der Waals surface area contributed by atoms with E-state index in [2.05, 4.69) is 64.0 Å². The Morgan fingerprint density at radius 1 is 0.735 bits per heavy atom. The summed E-state index contributed by atoms with van der Waals surface area (Å²) in [5, 5.41) is 11.9. The second-order valence-corrected chi connectivity index (χ2v) is 19.2. The summed E-state index contributed by atoms with van der Waals surface area (Å²) >= 11 is 0. The fraction of sp³-hybridized carbons (Fsp3) is 0.593. The van der Waals surface area contributed by atoms with Crippen LogP contribution in [0, 0.1) is 17.8 Å². The lowest BCUT2D eigenvalue weighted by atomic mass is 9.79. The van der Waals surface area contributed by atoms with Crippen LogP contribution in [0.1, 0.15) is 133 Å². The molecule has 2 aliphatic carbocycles. The van der Waals surface area contributed by atoms with Crippen LogP contribution in [0.15, 0.2) is 60.7 Å². The van der Waals surface area contributed by atoms with Crippen LogP contribution in [0.5, 0.6) is 0 Å². The van der Waals surface area contributed by atoms with E-state index in [4.69, 9.17) is 9.47 Å². The van der Waals surface area contributed by atoms with E-state index >= 15 is 0 Å². The van der Waals surface area contributed by atoms with Gasteiger partial charge in [-0.3, -0.25) is 28.8 Å². The zero-order valence-corrected chi connectivity index (χ0v) is 41.1. The van der Waals surface area contributed by atoms with E-state index < -0.39 is 42.4 Å². The number of carbonyl (C=O) groups is 6. The summed E-state index contributed by atoms with van der Waals surface area (Å²) in [6.07, 6.45) is 7.51. The predicted octanol–water partition coefficient (Wildman–Crippen LogP) is 5.23. The maximum Gasteiger partial charge on any atom is 0.248 e. The number of amides is 5. The molecule has 4 aliphatic rings. The van der Waals surface area contributed by atoms with Crippen molar-refractivity contribution < 1.29 is 38.2 Å². The van der Waals surface area contributed by atoms with E-state index in [9.17, 15) is 28.8 Å². The van der Waals surface area contributed by atoms with Gasteiger partial charge in [-0.2, -0.15) is 0 Å². The Labute approximate surface area is 403 Å². The van der Waals surface area contributed by atoms with Crippen molar-refractivity contribution in [2.24, 2.45) is 5.92 Å². The number of Topliss-reactive ketones (excluding diaryl/α,β-unsaturated/α-hetero) is 1. The predicted molar refractivity (Wildman–Crippen MR) is 261 cm³/mol. The number of rotatable bonds is 20. The van der Waals surface area contributed by atoms with Gasteiger partial charge in [-0.25, -0.2) is 0 Å². The molecule has 0 unspecified atom stereocenters. The lowest BCUT2D eigenvalue weighted by Gasteiger charge is -2.33. The maximum atomic E-state index is 14.4. The molecular weight excluding hydrogens is 861 g/mol. The SMILES string of the molecule is C=C(C#CCO[C@H](C)[C@H](NC(=O)[C@H](C)NC)C(=O)N1CCC[C@H]1C(=O)C[C@@H]1CCCc2ccccc21)CO[C@H](C)[C@H](NC(=O)[C@H](C)CC)C(=O)N1CCC[C@H]1C(=O)N[C@@H]1CCCc2ccccc21. The number of nitrogens with one attached hydrogen (secondary N) is 4. The number of nitrogens with zero attached hydrogens (tertiary/aromatic N) is 2. The first-order valence-corrected chi connectivity index (χ1v) is 25.0. The van der Waals surface area contributed by atoms with Gasteiger partial charge in [-0.05, 0) is 127 Å². The molecule has 6 rings (SSSR count). The van der Waals surface area contributed by atoms with Gasteiger partial charge in [0, 0.05) is 31.0 Å². The van der Waals surface area contributed by atoms with Crippen LogP contribution in [0.3, 0.4) is 0 Å². The first kappa shape index (κ1) is 52.0. The van der Waals surface area contributed by atoms with Gasteiger partial charge in [0.1, 0.15) is 24.7 Å². The highest BCUT2D eigenvalue weighted by Crippen LogP contribution is 2.36. The molecule has 0 spiro atoms. The van der Waals surface area contributed by atoms with Crippen molar-refractivity contribution in [1.82, 2.24) is 31.1 Å². The lowest BCUT2D eigenvalue weighted by Crippen LogP contribution is -2.58. The third-order valence-electron chi connectivity index (χ3n) is 14.5. The maximum absolute atomic E-state index is 14.4. The van der Waals surface area contributed by atoms with Crippen molar-refractivity contribution >= 4 is 35.3 Å². The highest BCUT2D eigenvalue weighted by atomic mass is 16.5. The monoisotopic (exact) mass is 935 g/mol. The van der Waals surface area contributed by atoms with Crippen molar-refractivity contribution in [3.8, 4) is 11.8 Å². The Hall–Kier alpha value is -5.36. The van der Waals surface area contributed by atoms with Crippen LogP contribution in [-0.4, -0.2) is 121 Å². The Balaban J connectivity index is 1.05. The van der Waals surface area contributed by atoms with Crippen LogP contribution < -0.4 is 21.3 Å². The third-order valence-corrected chi connectivity index (χ3v) is 14.5. The molecule has 14 nitrogen and oxygen atoms in total. The quantitative estimate of drug-likeness (QED) is 0.130. The zero-order chi connectivity index (χ0) is 48.9. The number of likely N-dealkylation sites (N-methyl/N-ethyl adjacent to an activating group) is 1. The highest BCUT2D eigenvalue weighted by molar-refractivity contribution is 5.95. The molecule has 14 heteroatoms. The summed E-state index contributed by atoms with van der Waals surface area (Å²) in [7, 11) is 1.66. The molecule has 2 heterocycles. The van der Waals surface area contributed by atoms with Crippen molar-refractivity contribution in [3.63, 3.8) is 0 Å². The zero-order valence-electron chi connectivity index (χ0n) is 41.1. The van der Waals surface area contributed by atoms with E-state index in [1.165, 1.54) is 16.7 Å². The van der Waals surface area contributed by atoms with Crippen LogP contribution >= 0.6 is 0 Å². The second kappa shape index (κ2) is 24.8. The molecule has 5 amide bonds. The molecule has 2 saturated heterocycles. The van der Waals surface area contributed by atoms with Gasteiger partial charge in [-0.1, -0.05) is 80.8 Å². The first-order chi connectivity index (χ1) is 32.7. The molecule has 2 aromatic carbocycles. The molecule has 0 bridgehead atoms. The van der Waals surface area contributed by atoms with E-state index in [-0.39, 0.29) is 66.4 Å². The van der Waals surface area contributed by atoms with Gasteiger partial charge in [0.15, 0.2) is 5.78 Å². The number of aryl methyl sites for hydroxylation is 2. The summed E-state index contributed by atoms with van der Waals surface area (Å²) in [5.74, 6) is 4.09. The molecule has 0 saturated carbocycles.